The lowest BCUT2D eigenvalue weighted by atomic mass is 10.1. The van der Waals surface area contributed by atoms with E-state index in [1.165, 1.54) is 18.1 Å². The molecule has 3 rings (SSSR count). The highest BCUT2D eigenvalue weighted by atomic mass is 35.5. The van der Waals surface area contributed by atoms with E-state index < -0.39 is 11.8 Å². The van der Waals surface area contributed by atoms with E-state index in [-0.39, 0.29) is 16.8 Å². The first kappa shape index (κ1) is 21.8. The number of carbonyl (C=O) groups excluding carboxylic acids is 2. The topological polar surface area (TPSA) is 67.9 Å². The first-order valence-electron chi connectivity index (χ1n) is 9.24. The van der Waals surface area contributed by atoms with Gasteiger partial charge >= 0.3 is 0 Å². The lowest BCUT2D eigenvalue weighted by molar-refractivity contribution is -0.122. The van der Waals surface area contributed by atoms with Crippen molar-refractivity contribution in [3.63, 3.8) is 0 Å². The summed E-state index contributed by atoms with van der Waals surface area (Å²) in [4.78, 5) is 27.0. The first-order valence-corrected chi connectivity index (χ1v) is 10.0. The van der Waals surface area contributed by atoms with Crippen LogP contribution in [0.3, 0.4) is 0 Å². The minimum Gasteiger partial charge on any atom is -0.493 e. The number of anilines is 1. The molecule has 2 aromatic rings. The van der Waals surface area contributed by atoms with E-state index in [9.17, 15) is 9.59 Å². The maximum absolute atomic E-state index is 13.2. The van der Waals surface area contributed by atoms with Crippen molar-refractivity contribution < 1.29 is 19.1 Å². The fourth-order valence-electron chi connectivity index (χ4n) is 3.01. The summed E-state index contributed by atoms with van der Waals surface area (Å²) in [6, 6.07) is 10.4. The highest BCUT2D eigenvalue weighted by molar-refractivity contribution is 7.80. The van der Waals surface area contributed by atoms with Gasteiger partial charge in [-0.05, 0) is 74.5 Å². The number of nitrogens with zero attached hydrogens (tertiary/aromatic N) is 1. The molecule has 1 aliphatic heterocycles. The van der Waals surface area contributed by atoms with Crippen LogP contribution in [0.1, 0.15) is 25.0 Å². The van der Waals surface area contributed by atoms with E-state index in [0.717, 1.165) is 0 Å². The second kappa shape index (κ2) is 8.85. The van der Waals surface area contributed by atoms with Gasteiger partial charge in [-0.3, -0.25) is 19.8 Å². The Balaban J connectivity index is 2.01. The quantitative estimate of drug-likeness (QED) is 0.423. The smallest absolute Gasteiger partial charge is 0.270 e. The van der Waals surface area contributed by atoms with E-state index >= 15 is 0 Å². The summed E-state index contributed by atoms with van der Waals surface area (Å²) in [7, 11) is 1.53. The van der Waals surface area contributed by atoms with Gasteiger partial charge in [-0.1, -0.05) is 23.7 Å². The number of carbonyl (C=O) groups is 2. The van der Waals surface area contributed by atoms with Gasteiger partial charge in [-0.25, -0.2) is 0 Å². The van der Waals surface area contributed by atoms with Crippen LogP contribution in [0.2, 0.25) is 5.02 Å². The van der Waals surface area contributed by atoms with Gasteiger partial charge in [0.15, 0.2) is 16.6 Å². The summed E-state index contributed by atoms with van der Waals surface area (Å²) in [5.74, 6) is -0.0239. The van der Waals surface area contributed by atoms with Gasteiger partial charge in [0, 0.05) is 5.02 Å². The van der Waals surface area contributed by atoms with E-state index in [0.29, 0.717) is 33.3 Å². The van der Waals surface area contributed by atoms with Gasteiger partial charge in [0.25, 0.3) is 11.8 Å². The van der Waals surface area contributed by atoms with Crippen LogP contribution in [0.4, 0.5) is 5.69 Å². The third kappa shape index (κ3) is 4.32. The van der Waals surface area contributed by atoms with Crippen molar-refractivity contribution in [3.8, 4) is 11.5 Å². The zero-order chi connectivity index (χ0) is 22.0. The Morgan fingerprint density at radius 3 is 2.57 bits per heavy atom. The van der Waals surface area contributed by atoms with Crippen molar-refractivity contribution in [1.82, 2.24) is 5.32 Å². The summed E-state index contributed by atoms with van der Waals surface area (Å²) >= 11 is 11.4. The summed E-state index contributed by atoms with van der Waals surface area (Å²) in [5, 5.41) is 3.07. The molecule has 0 saturated carbocycles. The maximum atomic E-state index is 13.2. The van der Waals surface area contributed by atoms with Crippen LogP contribution in [0, 0.1) is 6.92 Å². The van der Waals surface area contributed by atoms with Crippen molar-refractivity contribution in [1.29, 1.82) is 0 Å². The molecule has 1 fully saturated rings. The van der Waals surface area contributed by atoms with Crippen LogP contribution >= 0.6 is 23.8 Å². The van der Waals surface area contributed by atoms with Crippen molar-refractivity contribution >= 4 is 52.5 Å². The number of nitrogens with one attached hydrogen (secondary N) is 1. The molecule has 0 spiro atoms. The Morgan fingerprint density at radius 1 is 1.17 bits per heavy atom. The van der Waals surface area contributed by atoms with Crippen LogP contribution in [-0.2, 0) is 9.59 Å². The molecular weight excluding hydrogens is 424 g/mol. The number of halogens is 1. The Kier molecular flexibility index (Phi) is 6.43. The molecule has 6 nitrogen and oxygen atoms in total. The molecular formula is C22H21ClN2O4S. The van der Waals surface area contributed by atoms with Crippen molar-refractivity contribution in [2.75, 3.05) is 12.0 Å². The number of methoxy groups -OCH3 is 1. The Labute approximate surface area is 185 Å². The average molecular weight is 445 g/mol. The fraction of sp³-hybridized carbons (Fsp3) is 0.227. The maximum Gasteiger partial charge on any atom is 0.270 e. The molecule has 30 heavy (non-hydrogen) atoms. The molecule has 156 valence electrons. The number of hydrogen-bond donors (Lipinski definition) is 1. The zero-order valence-corrected chi connectivity index (χ0v) is 18.6. The van der Waals surface area contributed by atoms with Gasteiger partial charge < -0.3 is 9.47 Å². The molecule has 2 aromatic carbocycles. The third-order valence-electron chi connectivity index (χ3n) is 4.44. The van der Waals surface area contributed by atoms with E-state index in [1.54, 1.807) is 43.3 Å². The minimum absolute atomic E-state index is 0.00535. The number of benzene rings is 2. The third-order valence-corrected chi connectivity index (χ3v) is 5.14. The summed E-state index contributed by atoms with van der Waals surface area (Å²) in [6.45, 7) is 5.61. The number of thiocarbonyl (C=S) groups is 1. The standard InChI is InChI=1S/C22H21ClN2O4S/c1-12(2)29-18-9-8-14(11-19(18)28-4)10-15-20(26)24-22(30)25(21(15)27)17-7-5-6-16(23)13(17)3/h5-12H,1-4H3,(H,24,26,30)/b15-10+. The molecule has 0 aromatic heterocycles. The van der Waals surface area contributed by atoms with Gasteiger partial charge in [0.05, 0.1) is 18.9 Å². The van der Waals surface area contributed by atoms with Gasteiger partial charge in [0.2, 0.25) is 0 Å². The highest BCUT2D eigenvalue weighted by Crippen LogP contribution is 2.32. The van der Waals surface area contributed by atoms with E-state index in [4.69, 9.17) is 33.3 Å². The molecule has 1 aliphatic rings. The van der Waals surface area contributed by atoms with Crippen molar-refractivity contribution in [3.05, 3.63) is 58.1 Å². The zero-order valence-electron chi connectivity index (χ0n) is 17.0. The molecule has 0 radical (unpaired) electrons. The van der Waals surface area contributed by atoms with Crippen LogP contribution in [-0.4, -0.2) is 30.1 Å². The number of hydrogen-bond acceptors (Lipinski definition) is 5. The molecule has 0 atom stereocenters. The largest absolute Gasteiger partial charge is 0.493 e. The van der Waals surface area contributed by atoms with Crippen LogP contribution in [0.25, 0.3) is 6.08 Å². The van der Waals surface area contributed by atoms with Gasteiger partial charge in [0.1, 0.15) is 5.57 Å². The van der Waals surface area contributed by atoms with Gasteiger partial charge in [-0.2, -0.15) is 0 Å². The first-order chi connectivity index (χ1) is 14.2. The van der Waals surface area contributed by atoms with Crippen LogP contribution in [0.5, 0.6) is 11.5 Å². The SMILES string of the molecule is COc1cc(/C=C2\C(=O)NC(=S)N(c3cccc(Cl)c3C)C2=O)ccc1OC(C)C. The van der Waals surface area contributed by atoms with Crippen LogP contribution in [0.15, 0.2) is 42.0 Å². The molecule has 1 N–H and O–H groups in total. The molecule has 1 saturated heterocycles. The lowest BCUT2D eigenvalue weighted by Crippen LogP contribution is -2.54. The summed E-state index contributed by atoms with van der Waals surface area (Å²) in [5.41, 5.74) is 1.75. The number of amides is 2. The predicted octanol–water partition coefficient (Wildman–Crippen LogP) is 4.28. The summed E-state index contributed by atoms with van der Waals surface area (Å²) in [6.07, 6.45) is 1.47. The molecule has 8 heteroatoms. The van der Waals surface area contributed by atoms with E-state index in [2.05, 4.69) is 5.32 Å². The normalized spacial score (nSPS) is 15.6. The number of rotatable bonds is 5. The molecule has 0 aliphatic carbocycles. The second-order valence-electron chi connectivity index (χ2n) is 6.92. The monoisotopic (exact) mass is 444 g/mol. The average Bonchev–Trinajstić information content (AvgIpc) is 2.68. The van der Waals surface area contributed by atoms with Gasteiger partial charge in [-0.15, -0.1) is 0 Å². The van der Waals surface area contributed by atoms with Crippen molar-refractivity contribution in [2.45, 2.75) is 26.9 Å². The molecule has 2 amide bonds. The Bertz CT molecular complexity index is 1070. The highest BCUT2D eigenvalue weighted by Gasteiger charge is 2.35. The second-order valence-corrected chi connectivity index (χ2v) is 7.71. The summed E-state index contributed by atoms with van der Waals surface area (Å²) < 4.78 is 11.1. The van der Waals surface area contributed by atoms with Crippen LogP contribution < -0.4 is 19.7 Å². The molecule has 1 heterocycles. The lowest BCUT2D eigenvalue weighted by Gasteiger charge is -2.30. The van der Waals surface area contributed by atoms with E-state index in [1.807, 2.05) is 13.8 Å². The molecule has 0 unspecified atom stereocenters. The number of ether oxygens (including phenoxy) is 2. The molecule has 0 bridgehead atoms. The Morgan fingerprint density at radius 2 is 1.90 bits per heavy atom. The predicted molar refractivity (Wildman–Crippen MR) is 121 cm³/mol. The Hall–Kier alpha value is -2.90. The minimum atomic E-state index is -0.567. The van der Waals surface area contributed by atoms with Crippen molar-refractivity contribution in [2.24, 2.45) is 0 Å². The fourth-order valence-corrected chi connectivity index (χ4v) is 3.45.